The summed E-state index contributed by atoms with van der Waals surface area (Å²) in [5, 5.41) is 11.1. The molecule has 0 aliphatic carbocycles. The van der Waals surface area contributed by atoms with Gasteiger partial charge in [0.25, 0.3) is 0 Å². The number of hydrogen-bond donors (Lipinski definition) is 2. The zero-order valence-corrected chi connectivity index (χ0v) is 24.5. The number of hydrogen-bond acceptors (Lipinski definition) is 11. The van der Waals surface area contributed by atoms with Gasteiger partial charge in [0.1, 0.15) is 0 Å². The summed E-state index contributed by atoms with van der Waals surface area (Å²) in [7, 11) is 3.25. The molecule has 0 saturated heterocycles. The Kier molecular flexibility index (Phi) is 19.4. The topological polar surface area (TPSA) is 136 Å². The first-order chi connectivity index (χ1) is 17.9. The van der Waals surface area contributed by atoms with E-state index in [1.165, 1.54) is 0 Å². The molecule has 0 radical (unpaired) electrons. The lowest BCUT2D eigenvalue weighted by molar-refractivity contribution is -0.192. The third-order valence-corrected chi connectivity index (χ3v) is 8.36. The summed E-state index contributed by atoms with van der Waals surface area (Å²) < 4.78 is 41.5. The van der Waals surface area contributed by atoms with Gasteiger partial charge in [-0.3, -0.25) is 4.79 Å². The lowest BCUT2D eigenvalue weighted by Crippen LogP contribution is -2.43. The van der Waals surface area contributed by atoms with Crippen molar-refractivity contribution in [2.45, 2.75) is 38.9 Å². The number of esters is 1. The second-order valence-corrected chi connectivity index (χ2v) is 11.7. The Labute approximate surface area is 236 Å². The summed E-state index contributed by atoms with van der Waals surface area (Å²) >= 11 is 3.35. The zero-order chi connectivity index (χ0) is 29.1. The van der Waals surface area contributed by atoms with E-state index in [4.69, 9.17) is 25.1 Å². The Morgan fingerprint density at radius 2 is 1.79 bits per heavy atom. The maximum Gasteiger partial charge on any atom is 0.490 e. The van der Waals surface area contributed by atoms with Gasteiger partial charge in [-0.1, -0.05) is 21.6 Å². The predicted molar refractivity (Wildman–Crippen MR) is 146 cm³/mol. The smallest absolute Gasteiger partial charge is 0.475 e. The number of halogens is 3. The number of carbonyl (C=O) groups is 4. The van der Waals surface area contributed by atoms with Crippen LogP contribution >= 0.6 is 44.7 Å². The third-order valence-electron chi connectivity index (χ3n) is 4.40. The van der Waals surface area contributed by atoms with Crippen molar-refractivity contribution < 1.29 is 46.9 Å². The highest BCUT2D eigenvalue weighted by molar-refractivity contribution is 8.76. The van der Waals surface area contributed by atoms with E-state index in [9.17, 15) is 27.6 Å². The number of nitrogens with two attached hydrogens (primary N) is 1. The first-order valence-electron chi connectivity index (χ1n) is 11.3. The van der Waals surface area contributed by atoms with Crippen LogP contribution in [0.15, 0.2) is 16.8 Å². The fraction of sp³-hybridized carbons (Fsp3) is 0.636. The van der Waals surface area contributed by atoms with Crippen LogP contribution in [0.2, 0.25) is 0 Å². The molecule has 38 heavy (non-hydrogen) atoms. The SMILES string of the molecule is CCOC(=O)COC(=O)N(CC)C(=O)C(CSSCC(N)CCSC)Cc1ccsc1.O=C(O)C(F)(F)F. The van der Waals surface area contributed by atoms with E-state index < -0.39 is 30.8 Å². The average Bonchev–Trinajstić information content (AvgIpc) is 3.37. The monoisotopic (exact) mass is 622 g/mol. The van der Waals surface area contributed by atoms with Gasteiger partial charge in [-0.15, -0.1) is 0 Å². The summed E-state index contributed by atoms with van der Waals surface area (Å²) in [6.45, 7) is 3.23. The summed E-state index contributed by atoms with van der Waals surface area (Å²) in [5.74, 6) is -1.69. The number of thiophene rings is 1. The van der Waals surface area contributed by atoms with Crippen molar-refractivity contribution in [3.8, 4) is 0 Å². The molecular weight excluding hydrogens is 590 g/mol. The van der Waals surface area contributed by atoms with E-state index in [1.807, 2.05) is 16.8 Å². The van der Waals surface area contributed by atoms with Crippen LogP contribution in [0.3, 0.4) is 0 Å². The average molecular weight is 623 g/mol. The minimum Gasteiger partial charge on any atom is -0.475 e. The van der Waals surface area contributed by atoms with Crippen LogP contribution < -0.4 is 5.73 Å². The minimum absolute atomic E-state index is 0.126. The number of carbonyl (C=O) groups excluding carboxylic acids is 3. The zero-order valence-electron chi connectivity index (χ0n) is 21.2. The summed E-state index contributed by atoms with van der Waals surface area (Å²) in [6, 6.07) is 2.11. The lowest BCUT2D eigenvalue weighted by atomic mass is 10.0. The number of imide groups is 1. The first-order valence-corrected chi connectivity index (χ1v) is 16.1. The number of rotatable bonds is 15. The largest absolute Gasteiger partial charge is 0.490 e. The summed E-state index contributed by atoms with van der Waals surface area (Å²) in [5.41, 5.74) is 7.17. The number of ether oxygens (including phenoxy) is 2. The number of carboxylic acids is 1. The molecule has 1 aromatic heterocycles. The molecule has 1 rings (SSSR count). The van der Waals surface area contributed by atoms with Gasteiger partial charge in [-0.2, -0.15) is 36.3 Å². The number of carboxylic acid groups (broad SMARTS) is 1. The number of nitrogens with zero attached hydrogens (tertiary/aromatic N) is 1. The van der Waals surface area contributed by atoms with E-state index in [-0.39, 0.29) is 31.0 Å². The Balaban J connectivity index is 0.00000171. The molecule has 3 N–H and O–H groups in total. The molecule has 218 valence electrons. The van der Waals surface area contributed by atoms with Gasteiger partial charge in [0.05, 0.1) is 12.5 Å². The van der Waals surface area contributed by atoms with Crippen LogP contribution in [-0.4, -0.2) is 89.4 Å². The highest BCUT2D eigenvalue weighted by atomic mass is 33.1. The van der Waals surface area contributed by atoms with Crippen LogP contribution in [0.25, 0.3) is 0 Å². The van der Waals surface area contributed by atoms with Gasteiger partial charge in [0.15, 0.2) is 6.61 Å². The molecule has 0 aliphatic heterocycles. The van der Waals surface area contributed by atoms with Crippen LogP contribution in [0.1, 0.15) is 25.8 Å². The molecular formula is C22H33F3N2O7S4. The van der Waals surface area contributed by atoms with Crippen molar-refractivity contribution in [1.29, 1.82) is 0 Å². The quantitative estimate of drug-likeness (QED) is 0.162. The highest BCUT2D eigenvalue weighted by Gasteiger charge is 2.38. The summed E-state index contributed by atoms with van der Waals surface area (Å²) in [4.78, 5) is 46.9. The molecule has 1 heterocycles. The van der Waals surface area contributed by atoms with Gasteiger partial charge in [0.2, 0.25) is 5.91 Å². The second kappa shape index (κ2) is 20.3. The van der Waals surface area contributed by atoms with Crippen LogP contribution in [0, 0.1) is 5.92 Å². The third kappa shape index (κ3) is 16.4. The van der Waals surface area contributed by atoms with Crippen LogP contribution in [0.4, 0.5) is 18.0 Å². The molecule has 2 unspecified atom stereocenters. The number of thioether (sulfide) groups is 1. The molecule has 0 saturated carbocycles. The predicted octanol–water partition coefficient (Wildman–Crippen LogP) is 4.55. The minimum atomic E-state index is -5.08. The normalized spacial score (nSPS) is 12.5. The molecule has 1 aromatic rings. The molecule has 0 aliphatic rings. The standard InChI is InChI=1S/C20H32N2O5S4.C2HF3O2/c1-4-22(20(25)27-11-18(23)26-5-2)19(24)16(10-15-6-9-29-12-15)13-30-31-14-17(21)7-8-28-3;3-2(4,5)1(6)7/h6,9,12,16-17H,4-5,7-8,10-11,13-14,21H2,1-3H3;(H,6,7). The van der Waals surface area contributed by atoms with Crippen molar-refractivity contribution in [2.75, 3.05) is 43.3 Å². The Morgan fingerprint density at radius 3 is 2.29 bits per heavy atom. The van der Waals surface area contributed by atoms with E-state index >= 15 is 0 Å². The van der Waals surface area contributed by atoms with Crippen molar-refractivity contribution in [3.63, 3.8) is 0 Å². The van der Waals surface area contributed by atoms with Gasteiger partial charge in [-0.05, 0) is 61.1 Å². The van der Waals surface area contributed by atoms with Crippen molar-refractivity contribution in [2.24, 2.45) is 11.7 Å². The second-order valence-electron chi connectivity index (χ2n) is 7.39. The van der Waals surface area contributed by atoms with Crippen molar-refractivity contribution in [1.82, 2.24) is 4.90 Å². The summed E-state index contributed by atoms with van der Waals surface area (Å²) in [6.07, 6.45) is -2.35. The van der Waals surface area contributed by atoms with Crippen molar-refractivity contribution >= 4 is 68.6 Å². The highest BCUT2D eigenvalue weighted by Crippen LogP contribution is 2.28. The maximum absolute atomic E-state index is 13.1. The van der Waals surface area contributed by atoms with E-state index in [1.54, 1.807) is 58.5 Å². The van der Waals surface area contributed by atoms with Gasteiger partial charge in [0, 0.05) is 24.1 Å². The lowest BCUT2D eigenvalue weighted by Gasteiger charge is -2.24. The fourth-order valence-corrected chi connectivity index (χ4v) is 6.30. The fourth-order valence-electron chi connectivity index (χ4n) is 2.53. The number of amides is 2. The molecule has 0 spiro atoms. The van der Waals surface area contributed by atoms with Gasteiger partial charge in [-0.25, -0.2) is 19.3 Å². The molecule has 16 heteroatoms. The first kappa shape index (κ1) is 36.4. The molecule has 2 amide bonds. The van der Waals surface area contributed by atoms with Gasteiger partial charge < -0.3 is 20.3 Å². The van der Waals surface area contributed by atoms with E-state index in [0.717, 1.165) is 28.4 Å². The number of alkyl halides is 3. The molecule has 2 atom stereocenters. The molecule has 0 fully saturated rings. The number of aliphatic carboxylic acids is 1. The van der Waals surface area contributed by atoms with Gasteiger partial charge >= 0.3 is 24.2 Å². The van der Waals surface area contributed by atoms with Crippen LogP contribution in [0.5, 0.6) is 0 Å². The maximum atomic E-state index is 13.1. The Hall–Kier alpha value is -1.62. The molecule has 0 aromatic carbocycles. The Morgan fingerprint density at radius 1 is 1.16 bits per heavy atom. The molecule has 0 bridgehead atoms. The Bertz CT molecular complexity index is 845. The van der Waals surface area contributed by atoms with Crippen molar-refractivity contribution in [3.05, 3.63) is 22.4 Å². The van der Waals surface area contributed by atoms with E-state index in [0.29, 0.717) is 12.2 Å². The molecule has 9 nitrogen and oxygen atoms in total. The van der Waals surface area contributed by atoms with Crippen LogP contribution in [-0.2, 0) is 30.3 Å². The van der Waals surface area contributed by atoms with E-state index in [2.05, 4.69) is 6.26 Å².